The summed E-state index contributed by atoms with van der Waals surface area (Å²) in [4.78, 5) is 0. The first-order chi connectivity index (χ1) is 4.00. The van der Waals surface area contributed by atoms with Gasteiger partial charge in [0.1, 0.15) is 0 Å². The molecule has 0 heterocycles. The number of nitrogens with zero attached hydrogens (tertiary/aromatic N) is 4. The third-order valence-electron chi connectivity index (χ3n) is 0. The Bertz CT molecular complexity index is 65.1. The first-order valence-corrected chi connectivity index (χ1v) is 0.894. The van der Waals surface area contributed by atoms with Crippen molar-refractivity contribution in [2.24, 2.45) is 0 Å². The quantitative estimate of drug-likeness (QED) is 0.314. The Kier molecular flexibility index (Phi) is 15600. The first-order valence-electron chi connectivity index (χ1n) is 0.894. The van der Waals surface area contributed by atoms with Crippen LogP contribution in [0.4, 0.5) is 0 Å². The maximum absolute atomic E-state index is 6.25. The molecule has 0 N–H and O–H groups in total. The van der Waals surface area contributed by atoms with Crippen LogP contribution in [0.15, 0.2) is 0 Å². The minimum atomic E-state index is 0. The van der Waals surface area contributed by atoms with Gasteiger partial charge in [-0.05, 0) is 0 Å². The van der Waals surface area contributed by atoms with Crippen LogP contribution in [0.1, 0.15) is 1.43 Å². The van der Waals surface area contributed by atoms with E-state index in [1.807, 2.05) is 0 Å². The van der Waals surface area contributed by atoms with E-state index in [0.29, 0.717) is 0 Å². The molecule has 0 radical (unpaired) electrons. The average molecular weight is 193 g/mol. The molecule has 0 aromatic heterocycles. The van der Waals surface area contributed by atoms with E-state index in [2.05, 4.69) is 0 Å². The predicted octanol–water partition coefficient (Wildman–Crippen LogP) is -2.50. The fourth-order valence-electron chi connectivity index (χ4n) is 0. The van der Waals surface area contributed by atoms with Gasteiger partial charge in [-0.1, -0.05) is 0 Å². The molecule has 0 amide bonds. The zero-order chi connectivity index (χ0) is 8.00. The molecule has 0 aromatic carbocycles. The second-order valence-electron chi connectivity index (χ2n) is 0. The van der Waals surface area contributed by atoms with Crippen LogP contribution in [0.25, 0.3) is 0 Å². The fourth-order valence-corrected chi connectivity index (χ4v) is 0. The number of rotatable bonds is 0. The predicted molar refractivity (Wildman–Crippen MR) is 21.0 cm³/mol. The van der Waals surface area contributed by atoms with Gasteiger partial charge in [0.15, 0.2) is 0 Å². The molecule has 0 unspecified atom stereocenters. The summed E-state index contributed by atoms with van der Waals surface area (Å²) in [6.07, 6.45) is 0. The van der Waals surface area contributed by atoms with Crippen LogP contribution < -0.4 is 29.6 Å². The smallest absolute Gasteiger partial charge is 1.00 e. The average Bonchev–Trinajstić information content (AvgIpc) is 2.03. The molecule has 0 saturated carbocycles. The third-order valence-corrected chi connectivity index (χ3v) is 0. The fraction of sp³-hybridized carbons (Fsp3) is 0. The molecule has 0 bridgehead atoms. The van der Waals surface area contributed by atoms with Crippen LogP contribution in [0.2, 0.25) is 0 Å². The van der Waals surface area contributed by atoms with E-state index in [4.69, 9.17) is 47.3 Å². The first kappa shape index (κ1) is 55.0. The molecule has 0 saturated heterocycles. The Morgan fingerprint density at radius 2 is 0.600 bits per heavy atom. The van der Waals surface area contributed by atoms with E-state index in [9.17, 15) is 0 Å². The van der Waals surface area contributed by atoms with Crippen LogP contribution in [-0.2, 0) is 19.5 Å². The van der Waals surface area contributed by atoms with Crippen molar-refractivity contribution in [3.8, 4) is 0 Å². The van der Waals surface area contributed by atoms with Gasteiger partial charge in [-0.15, -0.1) is 0 Å². The Hall–Kier alpha value is -0.417. The van der Waals surface area contributed by atoms with E-state index in [1.54, 1.807) is 0 Å². The van der Waals surface area contributed by atoms with E-state index in [-0.39, 0.29) is 50.5 Å². The Balaban J connectivity index is -0.00000000356. The van der Waals surface area contributed by atoms with E-state index in [1.165, 1.54) is 0 Å². The van der Waals surface area contributed by atoms with Gasteiger partial charge < -0.3 is 48.8 Å². The standard InChI is InChI=1S/4CN.Na.Zn.H/c4*1-2;;;/q4*-1;+1;;-1. The van der Waals surface area contributed by atoms with Crippen LogP contribution in [0, 0.1) is 47.3 Å². The zero-order valence-corrected chi connectivity index (χ0v) is 10.5. The molecule has 0 aliphatic rings. The van der Waals surface area contributed by atoms with Gasteiger partial charge in [0.05, 0.1) is 0 Å². The minimum Gasteiger partial charge on any atom is -1.00 e. The van der Waals surface area contributed by atoms with E-state index >= 15 is 0 Å². The summed E-state index contributed by atoms with van der Waals surface area (Å²) < 4.78 is 0. The molecule has 0 atom stereocenters. The van der Waals surface area contributed by atoms with Crippen molar-refractivity contribution in [2.45, 2.75) is 0 Å². The zero-order valence-electron chi connectivity index (χ0n) is 6.50. The summed E-state index contributed by atoms with van der Waals surface area (Å²) in [7, 11) is 0. The SMILES string of the molecule is [C-]#N.[C-]#N.[C-]#N.[C-]#N.[H-].[Na+].[Zn]. The van der Waals surface area contributed by atoms with Crippen molar-refractivity contribution in [1.29, 1.82) is 21.0 Å². The Morgan fingerprint density at radius 1 is 0.600 bits per heavy atom. The molecule has 44 valence electrons. The van der Waals surface area contributed by atoms with Gasteiger partial charge in [0.25, 0.3) is 0 Å². The topological polar surface area (TPSA) is 95.2 Å². The van der Waals surface area contributed by atoms with Crippen molar-refractivity contribution in [1.82, 2.24) is 0 Å². The second kappa shape index (κ2) is 2840. The van der Waals surface area contributed by atoms with Crippen molar-refractivity contribution < 1.29 is 50.5 Å². The van der Waals surface area contributed by atoms with Crippen LogP contribution in [-0.4, -0.2) is 0 Å². The number of hydrogen-bond acceptors (Lipinski definition) is 4. The molecule has 0 fully saturated rings. The molecule has 0 aliphatic heterocycles. The normalized spacial score (nSPS) is 0.800. The molecule has 0 rings (SSSR count). The second-order valence-corrected chi connectivity index (χ2v) is 0. The molecule has 0 spiro atoms. The summed E-state index contributed by atoms with van der Waals surface area (Å²) in [6, 6.07) is 0. The van der Waals surface area contributed by atoms with Gasteiger partial charge >= 0.3 is 29.6 Å². The van der Waals surface area contributed by atoms with Gasteiger partial charge in [-0.25, -0.2) is 0 Å². The molecular formula is C4HN4NaZn-4. The Labute approximate surface area is 97.2 Å². The van der Waals surface area contributed by atoms with Crippen molar-refractivity contribution in [2.75, 3.05) is 0 Å². The van der Waals surface area contributed by atoms with Gasteiger partial charge in [-0.3, -0.25) is 0 Å². The molecule has 6 heteroatoms. The van der Waals surface area contributed by atoms with Crippen molar-refractivity contribution >= 4 is 0 Å². The largest absolute Gasteiger partial charge is 1.00 e. The van der Waals surface area contributed by atoms with Crippen LogP contribution in [0.3, 0.4) is 0 Å². The van der Waals surface area contributed by atoms with Crippen LogP contribution >= 0.6 is 0 Å². The van der Waals surface area contributed by atoms with Crippen LogP contribution in [0.5, 0.6) is 0 Å². The molecule has 0 aliphatic carbocycles. The van der Waals surface area contributed by atoms with Gasteiger partial charge in [-0.2, -0.15) is 0 Å². The Morgan fingerprint density at radius 3 is 0.600 bits per heavy atom. The van der Waals surface area contributed by atoms with Gasteiger partial charge in [0, 0.05) is 19.5 Å². The summed E-state index contributed by atoms with van der Waals surface area (Å²) in [5.41, 5.74) is 0. The minimum absolute atomic E-state index is 0. The molecule has 4 nitrogen and oxygen atoms in total. The summed E-state index contributed by atoms with van der Waals surface area (Å²) >= 11 is 0. The maximum Gasteiger partial charge on any atom is 1.00 e. The summed E-state index contributed by atoms with van der Waals surface area (Å²) in [6.45, 7) is 19.0. The molecular weight excluding hydrogens is 192 g/mol. The number of hydrogen-bond donors (Lipinski definition) is 0. The monoisotopic (exact) mass is 192 g/mol. The van der Waals surface area contributed by atoms with E-state index < -0.39 is 0 Å². The third kappa shape index (κ3) is 1890. The molecule has 0 aromatic rings. The summed E-state index contributed by atoms with van der Waals surface area (Å²) in [5, 5.41) is 25.0. The summed E-state index contributed by atoms with van der Waals surface area (Å²) in [5.74, 6) is 0. The van der Waals surface area contributed by atoms with Crippen molar-refractivity contribution in [3.63, 3.8) is 0 Å². The van der Waals surface area contributed by atoms with Gasteiger partial charge in [0.2, 0.25) is 0 Å². The maximum atomic E-state index is 6.25. The van der Waals surface area contributed by atoms with Crippen molar-refractivity contribution in [3.05, 3.63) is 26.3 Å². The molecule has 10 heavy (non-hydrogen) atoms. The van der Waals surface area contributed by atoms with E-state index in [0.717, 1.165) is 0 Å².